The Bertz CT molecular complexity index is 932. The largest absolute Gasteiger partial charge is 0.373 e. The number of thiophene rings is 1. The Hall–Kier alpha value is -1.90. The molecule has 0 atom stereocenters. The monoisotopic (exact) mass is 421 g/mol. The number of carbonyl (C=O) groups is 1. The molecular formula is C20H27N3O3S2. The average Bonchev–Trinajstić information content (AvgIpc) is 3.19. The Balaban J connectivity index is 1.76. The van der Waals surface area contributed by atoms with Crippen LogP contribution in [0.25, 0.3) is 0 Å². The van der Waals surface area contributed by atoms with E-state index in [1.807, 2.05) is 43.1 Å². The van der Waals surface area contributed by atoms with E-state index >= 15 is 0 Å². The third-order valence-electron chi connectivity index (χ3n) is 5.18. The third kappa shape index (κ3) is 4.39. The van der Waals surface area contributed by atoms with Gasteiger partial charge in [0.2, 0.25) is 0 Å². The maximum atomic E-state index is 12.9. The summed E-state index contributed by atoms with van der Waals surface area (Å²) >= 11 is 1.03. The lowest BCUT2D eigenvalue weighted by molar-refractivity contribution is 0.103. The molecule has 0 radical (unpaired) electrons. The van der Waals surface area contributed by atoms with Gasteiger partial charge in [-0.2, -0.15) is 4.31 Å². The number of benzene rings is 1. The Kier molecular flexibility index (Phi) is 6.42. The van der Waals surface area contributed by atoms with E-state index in [-0.39, 0.29) is 10.1 Å². The lowest BCUT2D eigenvalue weighted by Gasteiger charge is -2.28. The summed E-state index contributed by atoms with van der Waals surface area (Å²) in [7, 11) is -1.57. The fourth-order valence-electron chi connectivity index (χ4n) is 3.20. The second kappa shape index (κ2) is 8.63. The molecule has 1 aromatic heterocycles. The van der Waals surface area contributed by atoms with Gasteiger partial charge >= 0.3 is 0 Å². The van der Waals surface area contributed by atoms with Crippen LogP contribution in [-0.2, 0) is 10.0 Å². The van der Waals surface area contributed by atoms with Crippen LogP contribution in [0, 0.1) is 5.92 Å². The predicted molar refractivity (Wildman–Crippen MR) is 115 cm³/mol. The standard InChI is InChI=1S/C20H27N3O3S2/c1-4-22(3)17-8-6-5-7-16(17)21-20(24)18-9-10-19(27-18)28(25,26)23-13-11-15(2)12-14-23/h5-10,15H,4,11-14H2,1-3H3,(H,21,24). The van der Waals surface area contributed by atoms with E-state index in [0.717, 1.165) is 36.4 Å². The molecule has 0 spiro atoms. The van der Waals surface area contributed by atoms with Crippen molar-refractivity contribution in [3.8, 4) is 0 Å². The van der Waals surface area contributed by atoms with E-state index in [2.05, 4.69) is 12.2 Å². The van der Waals surface area contributed by atoms with Crippen molar-refractivity contribution in [3.05, 3.63) is 41.3 Å². The molecular weight excluding hydrogens is 394 g/mol. The summed E-state index contributed by atoms with van der Waals surface area (Å²) in [6.07, 6.45) is 1.75. The van der Waals surface area contributed by atoms with Gasteiger partial charge in [-0.15, -0.1) is 11.3 Å². The van der Waals surface area contributed by atoms with Gasteiger partial charge in [0.15, 0.2) is 0 Å². The molecule has 1 fully saturated rings. The molecule has 0 aliphatic carbocycles. The highest BCUT2D eigenvalue weighted by Crippen LogP contribution is 2.30. The molecule has 8 heteroatoms. The van der Waals surface area contributed by atoms with Crippen LogP contribution in [0.4, 0.5) is 11.4 Å². The molecule has 1 N–H and O–H groups in total. The Morgan fingerprint density at radius 3 is 2.57 bits per heavy atom. The molecule has 0 bridgehead atoms. The van der Waals surface area contributed by atoms with Crippen molar-refractivity contribution in [1.29, 1.82) is 0 Å². The van der Waals surface area contributed by atoms with Gasteiger partial charge in [0.25, 0.3) is 15.9 Å². The number of piperidine rings is 1. The summed E-state index contributed by atoms with van der Waals surface area (Å²) in [5.74, 6) is 0.258. The van der Waals surface area contributed by atoms with E-state index in [4.69, 9.17) is 0 Å². The lowest BCUT2D eigenvalue weighted by atomic mass is 10.0. The van der Waals surface area contributed by atoms with E-state index < -0.39 is 10.0 Å². The van der Waals surface area contributed by atoms with Crippen molar-refractivity contribution in [3.63, 3.8) is 0 Å². The molecule has 1 aliphatic heterocycles. The molecule has 28 heavy (non-hydrogen) atoms. The lowest BCUT2D eigenvalue weighted by Crippen LogP contribution is -2.37. The van der Waals surface area contributed by atoms with E-state index in [0.29, 0.717) is 29.6 Å². The average molecular weight is 422 g/mol. The van der Waals surface area contributed by atoms with Crippen LogP contribution in [0.1, 0.15) is 36.4 Å². The first-order chi connectivity index (χ1) is 13.3. The van der Waals surface area contributed by atoms with Crippen molar-refractivity contribution in [2.45, 2.75) is 30.9 Å². The first-order valence-electron chi connectivity index (χ1n) is 9.54. The number of carbonyl (C=O) groups excluding carboxylic acids is 1. The zero-order valence-corrected chi connectivity index (χ0v) is 18.1. The van der Waals surface area contributed by atoms with Gasteiger partial charge in [0.1, 0.15) is 4.21 Å². The minimum Gasteiger partial charge on any atom is -0.373 e. The second-order valence-corrected chi connectivity index (χ2v) is 10.4. The summed E-state index contributed by atoms with van der Waals surface area (Å²) in [5.41, 5.74) is 1.63. The topological polar surface area (TPSA) is 69.7 Å². The van der Waals surface area contributed by atoms with Gasteiger partial charge < -0.3 is 10.2 Å². The molecule has 3 rings (SSSR count). The molecule has 2 heterocycles. The van der Waals surface area contributed by atoms with Gasteiger partial charge in [0.05, 0.1) is 16.3 Å². The zero-order chi connectivity index (χ0) is 20.3. The van der Waals surface area contributed by atoms with Crippen LogP contribution in [-0.4, -0.2) is 45.3 Å². The molecule has 0 saturated carbocycles. The van der Waals surface area contributed by atoms with Crippen LogP contribution in [0.5, 0.6) is 0 Å². The number of sulfonamides is 1. The maximum Gasteiger partial charge on any atom is 0.265 e. The van der Waals surface area contributed by atoms with Crippen LogP contribution in [0.3, 0.4) is 0 Å². The number of para-hydroxylation sites is 2. The van der Waals surface area contributed by atoms with Crippen molar-refractivity contribution in [1.82, 2.24) is 4.31 Å². The summed E-state index contributed by atoms with van der Waals surface area (Å²) < 4.78 is 27.5. The molecule has 1 aliphatic rings. The number of nitrogens with one attached hydrogen (secondary N) is 1. The van der Waals surface area contributed by atoms with Gasteiger partial charge in [0, 0.05) is 26.7 Å². The number of anilines is 2. The van der Waals surface area contributed by atoms with Gasteiger partial charge in [-0.25, -0.2) is 8.42 Å². The summed E-state index contributed by atoms with van der Waals surface area (Å²) in [4.78, 5) is 15.1. The van der Waals surface area contributed by atoms with Crippen molar-refractivity contribution in [2.24, 2.45) is 5.92 Å². The number of hydrogen-bond donors (Lipinski definition) is 1. The Morgan fingerprint density at radius 1 is 1.21 bits per heavy atom. The molecule has 1 amide bonds. The van der Waals surface area contributed by atoms with E-state index in [1.165, 1.54) is 10.4 Å². The summed E-state index contributed by atoms with van der Waals surface area (Å²) in [6.45, 7) is 6.07. The normalized spacial score (nSPS) is 16.1. The minimum atomic E-state index is -3.53. The number of amides is 1. The van der Waals surface area contributed by atoms with E-state index in [1.54, 1.807) is 6.07 Å². The first-order valence-corrected chi connectivity index (χ1v) is 11.8. The first kappa shape index (κ1) is 20.8. The quantitative estimate of drug-likeness (QED) is 0.769. The zero-order valence-electron chi connectivity index (χ0n) is 16.5. The summed E-state index contributed by atoms with van der Waals surface area (Å²) in [6, 6.07) is 10.7. The van der Waals surface area contributed by atoms with Crippen LogP contribution < -0.4 is 10.2 Å². The van der Waals surface area contributed by atoms with Crippen LogP contribution >= 0.6 is 11.3 Å². The molecule has 6 nitrogen and oxygen atoms in total. The number of hydrogen-bond acceptors (Lipinski definition) is 5. The smallest absolute Gasteiger partial charge is 0.265 e. The Labute approximate surface area is 171 Å². The fourth-order valence-corrected chi connectivity index (χ4v) is 6.03. The van der Waals surface area contributed by atoms with Gasteiger partial charge in [-0.1, -0.05) is 19.1 Å². The highest BCUT2D eigenvalue weighted by atomic mass is 32.2. The van der Waals surface area contributed by atoms with Gasteiger partial charge in [-0.3, -0.25) is 4.79 Å². The summed E-state index contributed by atoms with van der Waals surface area (Å²) in [5, 5.41) is 2.91. The number of rotatable bonds is 6. The van der Waals surface area contributed by atoms with Crippen LogP contribution in [0.15, 0.2) is 40.6 Å². The number of nitrogens with zero attached hydrogens (tertiary/aromatic N) is 2. The highest BCUT2D eigenvalue weighted by molar-refractivity contribution is 7.91. The Morgan fingerprint density at radius 2 is 1.89 bits per heavy atom. The van der Waals surface area contributed by atoms with Gasteiger partial charge in [-0.05, 0) is 49.9 Å². The SMILES string of the molecule is CCN(C)c1ccccc1NC(=O)c1ccc(S(=O)(=O)N2CCC(C)CC2)s1. The van der Waals surface area contributed by atoms with Crippen molar-refractivity contribution >= 4 is 38.6 Å². The third-order valence-corrected chi connectivity index (χ3v) is 8.63. The fraction of sp³-hybridized carbons (Fsp3) is 0.450. The maximum absolute atomic E-state index is 12.9. The second-order valence-electron chi connectivity index (χ2n) is 7.19. The molecule has 2 aromatic rings. The van der Waals surface area contributed by atoms with Crippen molar-refractivity contribution in [2.75, 3.05) is 36.9 Å². The molecule has 152 valence electrons. The highest BCUT2D eigenvalue weighted by Gasteiger charge is 2.30. The predicted octanol–water partition coefficient (Wildman–Crippen LogP) is 3.88. The molecule has 0 unspecified atom stereocenters. The van der Waals surface area contributed by atoms with Crippen molar-refractivity contribution < 1.29 is 13.2 Å². The minimum absolute atomic E-state index is 0.228. The molecule has 1 aromatic carbocycles. The van der Waals surface area contributed by atoms with E-state index in [9.17, 15) is 13.2 Å². The molecule has 1 saturated heterocycles. The van der Waals surface area contributed by atoms with Crippen LogP contribution in [0.2, 0.25) is 0 Å².